The molecule has 1 aromatic rings. The van der Waals surface area contributed by atoms with Crippen molar-refractivity contribution >= 4 is 34.0 Å². The Balaban J connectivity index is 0.00000242. The lowest BCUT2D eigenvalue weighted by atomic mass is 9.97. The topological polar surface area (TPSA) is 101 Å². The van der Waals surface area contributed by atoms with Gasteiger partial charge in [0.15, 0.2) is 0 Å². The first-order chi connectivity index (χ1) is 9.91. The summed E-state index contributed by atoms with van der Waals surface area (Å²) in [6.07, 6.45) is 2.15. The van der Waals surface area contributed by atoms with Gasteiger partial charge in [0.25, 0.3) is 0 Å². The fourth-order valence-electron chi connectivity index (χ4n) is 2.52. The molecule has 2 rings (SSSR count). The maximum atomic E-state index is 12.2. The summed E-state index contributed by atoms with van der Waals surface area (Å²) in [4.78, 5) is 12.2. The normalized spacial score (nSPS) is 15.9. The van der Waals surface area contributed by atoms with E-state index in [-0.39, 0.29) is 29.1 Å². The number of hydrogen-bond acceptors (Lipinski definition) is 4. The van der Waals surface area contributed by atoms with Crippen molar-refractivity contribution in [2.45, 2.75) is 31.1 Å². The number of sulfonamides is 1. The lowest BCUT2D eigenvalue weighted by molar-refractivity contribution is -0.120. The van der Waals surface area contributed by atoms with Gasteiger partial charge in [-0.3, -0.25) is 4.79 Å². The Bertz CT molecular complexity index is 628. The van der Waals surface area contributed by atoms with Crippen LogP contribution in [0.1, 0.15) is 25.3 Å². The molecule has 1 fully saturated rings. The average molecular weight is 348 g/mol. The van der Waals surface area contributed by atoms with Crippen LogP contribution in [0.25, 0.3) is 0 Å². The fourth-order valence-corrected chi connectivity index (χ4v) is 3.39. The molecule has 1 aromatic carbocycles. The van der Waals surface area contributed by atoms with Gasteiger partial charge in [-0.25, -0.2) is 13.6 Å². The second-order valence-corrected chi connectivity index (χ2v) is 6.76. The molecule has 0 unspecified atom stereocenters. The van der Waals surface area contributed by atoms with Crippen molar-refractivity contribution in [3.63, 3.8) is 0 Å². The molecule has 1 aliphatic rings. The minimum absolute atomic E-state index is 0. The van der Waals surface area contributed by atoms with Crippen LogP contribution in [0.3, 0.4) is 0 Å². The lowest BCUT2D eigenvalue weighted by Crippen LogP contribution is -2.34. The zero-order valence-corrected chi connectivity index (χ0v) is 14.1. The third-order valence-electron chi connectivity index (χ3n) is 3.73. The monoisotopic (exact) mass is 347 g/mol. The predicted octanol–water partition coefficient (Wildman–Crippen LogP) is 1.26. The smallest absolute Gasteiger partial charge is 0.238 e. The summed E-state index contributed by atoms with van der Waals surface area (Å²) in [5, 5.41) is 11.2. The highest BCUT2D eigenvalue weighted by molar-refractivity contribution is 7.89. The van der Waals surface area contributed by atoms with Crippen LogP contribution < -0.4 is 15.8 Å². The Labute approximate surface area is 137 Å². The average Bonchev–Trinajstić information content (AvgIpc) is 2.47. The first-order valence-corrected chi connectivity index (χ1v) is 8.63. The number of nitrogens with one attached hydrogen (secondary N) is 2. The van der Waals surface area contributed by atoms with Crippen LogP contribution in [0.2, 0.25) is 0 Å². The summed E-state index contributed by atoms with van der Waals surface area (Å²) in [5.74, 6) is -0.101. The van der Waals surface area contributed by atoms with E-state index >= 15 is 0 Å². The molecule has 1 aliphatic heterocycles. The molecule has 22 heavy (non-hydrogen) atoms. The number of carbonyl (C=O) groups is 1. The Hall–Kier alpha value is -1.15. The number of halogens is 1. The van der Waals surface area contributed by atoms with Gasteiger partial charge in [-0.2, -0.15) is 0 Å². The molecule has 6 nitrogen and oxygen atoms in total. The number of nitrogens with two attached hydrogens (primary N) is 1. The summed E-state index contributed by atoms with van der Waals surface area (Å²) in [5.41, 5.74) is 1.12. The standard InChI is InChI=1S/C14H21N3O3S.ClH/c1-2-10-3-4-12(9-13(10)21(15,19)20)17-14(18)11-5-7-16-8-6-11;/h3-4,9,11,16H,2,5-8H2,1H3,(H,17,18)(H2,15,19,20);1H. The van der Waals surface area contributed by atoms with E-state index in [0.717, 1.165) is 25.9 Å². The number of aryl methyl sites for hydroxylation is 1. The number of primary sulfonamides is 1. The molecule has 0 aliphatic carbocycles. The second-order valence-electron chi connectivity index (χ2n) is 5.23. The highest BCUT2D eigenvalue weighted by atomic mass is 35.5. The molecule has 0 spiro atoms. The van der Waals surface area contributed by atoms with Crippen LogP contribution in [-0.4, -0.2) is 27.4 Å². The molecule has 0 bridgehead atoms. The van der Waals surface area contributed by atoms with E-state index in [2.05, 4.69) is 10.6 Å². The van der Waals surface area contributed by atoms with Crippen molar-refractivity contribution in [3.8, 4) is 0 Å². The maximum absolute atomic E-state index is 12.2. The van der Waals surface area contributed by atoms with Crippen molar-refractivity contribution in [1.82, 2.24) is 5.32 Å². The summed E-state index contributed by atoms with van der Waals surface area (Å²) >= 11 is 0. The number of carbonyl (C=O) groups excluding carboxylic acids is 1. The summed E-state index contributed by atoms with van der Waals surface area (Å²) in [7, 11) is -3.79. The van der Waals surface area contributed by atoms with Crippen molar-refractivity contribution < 1.29 is 13.2 Å². The second kappa shape index (κ2) is 7.92. The van der Waals surface area contributed by atoms with Crippen molar-refractivity contribution in [3.05, 3.63) is 23.8 Å². The molecule has 1 amide bonds. The van der Waals surface area contributed by atoms with Crippen molar-refractivity contribution in [2.24, 2.45) is 11.1 Å². The quantitative estimate of drug-likeness (QED) is 0.763. The van der Waals surface area contributed by atoms with Crippen LogP contribution in [0.15, 0.2) is 23.1 Å². The fraction of sp³-hybridized carbons (Fsp3) is 0.500. The third-order valence-corrected chi connectivity index (χ3v) is 4.73. The summed E-state index contributed by atoms with van der Waals surface area (Å²) in [6, 6.07) is 4.84. The molecule has 0 radical (unpaired) electrons. The first kappa shape index (κ1) is 18.9. The van der Waals surface area contributed by atoms with Crippen molar-refractivity contribution in [1.29, 1.82) is 0 Å². The summed E-state index contributed by atoms with van der Waals surface area (Å²) < 4.78 is 23.2. The highest BCUT2D eigenvalue weighted by Gasteiger charge is 2.21. The van der Waals surface area contributed by atoms with Gasteiger partial charge in [0.2, 0.25) is 15.9 Å². The van der Waals surface area contributed by atoms with Gasteiger partial charge in [0.05, 0.1) is 4.90 Å². The number of hydrogen-bond donors (Lipinski definition) is 3. The number of piperidine rings is 1. The van der Waals surface area contributed by atoms with Crippen LogP contribution >= 0.6 is 12.4 Å². The molecule has 0 atom stereocenters. The molecule has 1 heterocycles. The Morgan fingerprint density at radius 3 is 2.55 bits per heavy atom. The molecule has 0 saturated carbocycles. The SMILES string of the molecule is CCc1ccc(NC(=O)C2CCNCC2)cc1S(N)(=O)=O.Cl. The molecule has 4 N–H and O–H groups in total. The van der Waals surface area contributed by atoms with E-state index in [4.69, 9.17) is 5.14 Å². The maximum Gasteiger partial charge on any atom is 0.238 e. The number of benzene rings is 1. The number of amides is 1. The molecule has 1 saturated heterocycles. The Morgan fingerprint density at radius 1 is 1.36 bits per heavy atom. The van der Waals surface area contributed by atoms with Gasteiger partial charge in [0, 0.05) is 11.6 Å². The van der Waals surface area contributed by atoms with Gasteiger partial charge in [-0.05, 0) is 50.0 Å². The summed E-state index contributed by atoms with van der Waals surface area (Å²) in [6.45, 7) is 3.52. The minimum Gasteiger partial charge on any atom is -0.326 e. The van der Waals surface area contributed by atoms with E-state index in [0.29, 0.717) is 17.7 Å². The van der Waals surface area contributed by atoms with Gasteiger partial charge < -0.3 is 10.6 Å². The zero-order valence-electron chi connectivity index (χ0n) is 12.5. The van der Waals surface area contributed by atoms with E-state index < -0.39 is 10.0 Å². The molecular formula is C14H22ClN3O3S. The molecular weight excluding hydrogens is 326 g/mol. The minimum atomic E-state index is -3.79. The van der Waals surface area contributed by atoms with Crippen LogP contribution in [0, 0.1) is 5.92 Å². The Kier molecular flexibility index (Phi) is 6.80. The van der Waals surface area contributed by atoms with Crippen LogP contribution in [-0.2, 0) is 21.2 Å². The largest absolute Gasteiger partial charge is 0.326 e. The first-order valence-electron chi connectivity index (χ1n) is 7.09. The zero-order chi connectivity index (χ0) is 15.5. The number of rotatable bonds is 4. The van der Waals surface area contributed by atoms with Gasteiger partial charge in [-0.1, -0.05) is 13.0 Å². The van der Waals surface area contributed by atoms with Gasteiger partial charge >= 0.3 is 0 Å². The van der Waals surface area contributed by atoms with E-state index in [9.17, 15) is 13.2 Å². The van der Waals surface area contributed by atoms with Crippen LogP contribution in [0.5, 0.6) is 0 Å². The number of anilines is 1. The lowest BCUT2D eigenvalue weighted by Gasteiger charge is -2.22. The highest BCUT2D eigenvalue weighted by Crippen LogP contribution is 2.22. The van der Waals surface area contributed by atoms with Gasteiger partial charge in [0.1, 0.15) is 0 Å². The Morgan fingerprint density at radius 2 is 2.00 bits per heavy atom. The van der Waals surface area contributed by atoms with E-state index in [1.807, 2.05) is 6.92 Å². The predicted molar refractivity (Wildman–Crippen MR) is 88.7 cm³/mol. The molecule has 124 valence electrons. The molecule has 0 aromatic heterocycles. The van der Waals surface area contributed by atoms with E-state index in [1.165, 1.54) is 6.07 Å². The molecule has 8 heteroatoms. The third kappa shape index (κ3) is 4.67. The van der Waals surface area contributed by atoms with Crippen molar-refractivity contribution in [2.75, 3.05) is 18.4 Å². The van der Waals surface area contributed by atoms with E-state index in [1.54, 1.807) is 12.1 Å². The van der Waals surface area contributed by atoms with Crippen LogP contribution in [0.4, 0.5) is 5.69 Å². The van der Waals surface area contributed by atoms with Gasteiger partial charge in [-0.15, -0.1) is 12.4 Å².